The quantitative estimate of drug-likeness (QED) is 0.734. The third-order valence-corrected chi connectivity index (χ3v) is 2.60. The molecule has 0 spiro atoms. The van der Waals surface area contributed by atoms with Gasteiger partial charge in [0.25, 0.3) is 0 Å². The molecule has 1 aliphatic heterocycles. The van der Waals surface area contributed by atoms with E-state index in [1.54, 1.807) is 13.8 Å². The van der Waals surface area contributed by atoms with E-state index in [-0.39, 0.29) is 18.4 Å². The van der Waals surface area contributed by atoms with E-state index in [0.717, 1.165) is 6.54 Å². The average Bonchev–Trinajstić information content (AvgIpc) is 2.43. The number of hydrogen-bond acceptors (Lipinski definition) is 2. The number of carbonyl (C=O) groups excluding carboxylic acids is 1. The van der Waals surface area contributed by atoms with Gasteiger partial charge in [0, 0.05) is 19.0 Å². The minimum atomic E-state index is -1.22. The van der Waals surface area contributed by atoms with E-state index in [4.69, 9.17) is 0 Å². The van der Waals surface area contributed by atoms with Crippen LogP contribution in [0.1, 0.15) is 20.3 Å². The summed E-state index contributed by atoms with van der Waals surface area (Å²) >= 11 is 0. The molecule has 1 amide bonds. The molecule has 82 valence electrons. The lowest BCUT2D eigenvalue weighted by molar-refractivity contribution is -0.124. The first-order valence-electron chi connectivity index (χ1n) is 5.08. The molecule has 1 atom stereocenters. The van der Waals surface area contributed by atoms with Gasteiger partial charge in [-0.3, -0.25) is 4.79 Å². The number of rotatable bonds is 3. The summed E-state index contributed by atoms with van der Waals surface area (Å²) < 4.78 is 13.9. The Bertz CT molecular complexity index is 220. The van der Waals surface area contributed by atoms with Crippen molar-refractivity contribution in [2.24, 2.45) is 5.92 Å². The molecule has 4 heteroatoms. The van der Waals surface area contributed by atoms with Crippen molar-refractivity contribution in [2.75, 3.05) is 26.7 Å². The van der Waals surface area contributed by atoms with Crippen molar-refractivity contribution in [2.45, 2.75) is 25.9 Å². The van der Waals surface area contributed by atoms with Gasteiger partial charge in [0.1, 0.15) is 5.67 Å². The van der Waals surface area contributed by atoms with Crippen LogP contribution in [-0.4, -0.2) is 43.2 Å². The number of nitrogens with zero attached hydrogens (tertiary/aromatic N) is 1. The highest BCUT2D eigenvalue weighted by molar-refractivity contribution is 5.77. The fraction of sp³-hybridized carbons (Fsp3) is 0.900. The highest BCUT2D eigenvalue weighted by Gasteiger charge is 2.36. The molecular formula is C10H19FN2O. The largest absolute Gasteiger partial charge is 0.353 e. The number of halogens is 1. The summed E-state index contributed by atoms with van der Waals surface area (Å²) in [7, 11) is 1.89. The second kappa shape index (κ2) is 4.26. The molecule has 1 fully saturated rings. The molecule has 1 rings (SSSR count). The van der Waals surface area contributed by atoms with Crippen molar-refractivity contribution in [1.82, 2.24) is 10.2 Å². The van der Waals surface area contributed by atoms with Gasteiger partial charge in [-0.1, -0.05) is 13.8 Å². The zero-order chi connectivity index (χ0) is 10.8. The summed E-state index contributed by atoms with van der Waals surface area (Å²) in [6.45, 7) is 4.95. The van der Waals surface area contributed by atoms with Gasteiger partial charge >= 0.3 is 0 Å². The summed E-state index contributed by atoms with van der Waals surface area (Å²) in [4.78, 5) is 13.2. The lowest BCUT2D eigenvalue weighted by Gasteiger charge is -2.20. The third-order valence-electron chi connectivity index (χ3n) is 2.60. The Morgan fingerprint density at radius 2 is 2.29 bits per heavy atom. The fourth-order valence-corrected chi connectivity index (χ4v) is 1.63. The van der Waals surface area contributed by atoms with Gasteiger partial charge in [0.05, 0.1) is 6.54 Å². The first-order valence-corrected chi connectivity index (χ1v) is 5.08. The van der Waals surface area contributed by atoms with Crippen LogP contribution >= 0.6 is 0 Å². The summed E-state index contributed by atoms with van der Waals surface area (Å²) in [5.74, 6) is -0.144. The molecule has 1 heterocycles. The first-order chi connectivity index (χ1) is 6.43. The summed E-state index contributed by atoms with van der Waals surface area (Å²) in [6.07, 6.45) is 0.516. The standard InChI is InChI=1S/C10H19FN2O/c1-8(2)9(14)12-6-10(11)4-5-13(3)7-10/h8H,4-7H2,1-3H3,(H,12,14). The van der Waals surface area contributed by atoms with Crippen LogP contribution < -0.4 is 5.32 Å². The number of likely N-dealkylation sites (tertiary alicyclic amines) is 1. The van der Waals surface area contributed by atoms with Crippen molar-refractivity contribution in [3.8, 4) is 0 Å². The molecule has 1 aliphatic rings. The maximum atomic E-state index is 13.9. The zero-order valence-corrected chi connectivity index (χ0v) is 9.14. The Kier molecular flexibility index (Phi) is 3.48. The molecule has 0 radical (unpaired) electrons. The molecule has 0 aliphatic carbocycles. The molecule has 1 N–H and O–H groups in total. The van der Waals surface area contributed by atoms with Crippen LogP contribution in [0.2, 0.25) is 0 Å². The van der Waals surface area contributed by atoms with Crippen LogP contribution in [-0.2, 0) is 4.79 Å². The third kappa shape index (κ3) is 2.94. The van der Waals surface area contributed by atoms with E-state index in [1.807, 2.05) is 11.9 Å². The van der Waals surface area contributed by atoms with Crippen LogP contribution in [0.4, 0.5) is 4.39 Å². The maximum Gasteiger partial charge on any atom is 0.222 e. The summed E-state index contributed by atoms with van der Waals surface area (Å²) in [6, 6.07) is 0. The molecule has 0 saturated carbocycles. The van der Waals surface area contributed by atoms with Crippen LogP contribution in [0.15, 0.2) is 0 Å². The van der Waals surface area contributed by atoms with E-state index in [1.165, 1.54) is 0 Å². The van der Waals surface area contributed by atoms with Crippen LogP contribution in [0, 0.1) is 5.92 Å². The molecule has 1 unspecified atom stereocenters. The zero-order valence-electron chi connectivity index (χ0n) is 9.14. The Morgan fingerprint density at radius 1 is 1.64 bits per heavy atom. The lowest BCUT2D eigenvalue weighted by atomic mass is 10.1. The normalized spacial score (nSPS) is 28.4. The number of carbonyl (C=O) groups is 1. The Balaban J connectivity index is 2.34. The SMILES string of the molecule is CC(C)C(=O)NCC1(F)CCN(C)C1. The van der Waals surface area contributed by atoms with Crippen LogP contribution in [0.3, 0.4) is 0 Å². The minimum Gasteiger partial charge on any atom is -0.353 e. The van der Waals surface area contributed by atoms with E-state index < -0.39 is 5.67 Å². The molecule has 0 bridgehead atoms. The summed E-state index contributed by atoms with van der Waals surface area (Å²) in [5, 5.41) is 2.64. The second-order valence-corrected chi connectivity index (χ2v) is 4.51. The fourth-order valence-electron chi connectivity index (χ4n) is 1.63. The predicted molar refractivity (Wildman–Crippen MR) is 53.8 cm³/mol. The van der Waals surface area contributed by atoms with Crippen molar-refractivity contribution in [3.63, 3.8) is 0 Å². The molecule has 14 heavy (non-hydrogen) atoms. The Morgan fingerprint density at radius 3 is 2.71 bits per heavy atom. The second-order valence-electron chi connectivity index (χ2n) is 4.51. The van der Waals surface area contributed by atoms with Crippen molar-refractivity contribution >= 4 is 5.91 Å². The Labute approximate surface area is 84.7 Å². The van der Waals surface area contributed by atoms with E-state index >= 15 is 0 Å². The predicted octanol–water partition coefficient (Wildman–Crippen LogP) is 0.802. The lowest BCUT2D eigenvalue weighted by Crippen LogP contribution is -2.42. The molecule has 0 aromatic rings. The number of hydrogen-bond donors (Lipinski definition) is 1. The van der Waals surface area contributed by atoms with Gasteiger partial charge in [-0.15, -0.1) is 0 Å². The van der Waals surface area contributed by atoms with Crippen molar-refractivity contribution < 1.29 is 9.18 Å². The molecule has 0 aromatic heterocycles. The van der Waals surface area contributed by atoms with Gasteiger partial charge in [-0.05, 0) is 13.5 Å². The van der Waals surface area contributed by atoms with Crippen LogP contribution in [0.5, 0.6) is 0 Å². The van der Waals surface area contributed by atoms with E-state index in [0.29, 0.717) is 13.0 Å². The first kappa shape index (κ1) is 11.4. The topological polar surface area (TPSA) is 32.3 Å². The van der Waals surface area contributed by atoms with E-state index in [9.17, 15) is 9.18 Å². The highest BCUT2D eigenvalue weighted by Crippen LogP contribution is 2.23. The minimum absolute atomic E-state index is 0.0715. The maximum absolute atomic E-state index is 13.9. The van der Waals surface area contributed by atoms with Gasteiger partial charge < -0.3 is 10.2 Å². The average molecular weight is 202 g/mol. The Hall–Kier alpha value is -0.640. The van der Waals surface area contributed by atoms with Crippen molar-refractivity contribution in [3.05, 3.63) is 0 Å². The highest BCUT2D eigenvalue weighted by atomic mass is 19.1. The van der Waals surface area contributed by atoms with Crippen LogP contribution in [0.25, 0.3) is 0 Å². The monoisotopic (exact) mass is 202 g/mol. The van der Waals surface area contributed by atoms with Gasteiger partial charge in [-0.2, -0.15) is 0 Å². The molecule has 0 aromatic carbocycles. The number of amides is 1. The molecular weight excluding hydrogens is 183 g/mol. The number of alkyl halides is 1. The smallest absolute Gasteiger partial charge is 0.222 e. The molecule has 1 saturated heterocycles. The number of nitrogens with one attached hydrogen (secondary N) is 1. The summed E-state index contributed by atoms with van der Waals surface area (Å²) in [5.41, 5.74) is -1.22. The molecule has 3 nitrogen and oxygen atoms in total. The van der Waals surface area contributed by atoms with Gasteiger partial charge in [0.15, 0.2) is 0 Å². The van der Waals surface area contributed by atoms with E-state index in [2.05, 4.69) is 5.32 Å². The van der Waals surface area contributed by atoms with Crippen molar-refractivity contribution in [1.29, 1.82) is 0 Å². The van der Waals surface area contributed by atoms with Gasteiger partial charge in [0.2, 0.25) is 5.91 Å². The van der Waals surface area contributed by atoms with Gasteiger partial charge in [-0.25, -0.2) is 4.39 Å².